The summed E-state index contributed by atoms with van der Waals surface area (Å²) < 4.78 is 0. The van der Waals surface area contributed by atoms with Gasteiger partial charge in [-0.1, -0.05) is 20.8 Å². The maximum atomic E-state index is 12.2. The van der Waals surface area contributed by atoms with Gasteiger partial charge in [-0.05, 0) is 33.2 Å². The molecule has 4 heteroatoms. The van der Waals surface area contributed by atoms with Crippen molar-refractivity contribution in [1.29, 1.82) is 0 Å². The van der Waals surface area contributed by atoms with Crippen LogP contribution in [0.4, 0.5) is 0 Å². The van der Waals surface area contributed by atoms with Gasteiger partial charge in [-0.3, -0.25) is 9.69 Å². The summed E-state index contributed by atoms with van der Waals surface area (Å²) in [4.78, 5) is 16.3. The van der Waals surface area contributed by atoms with E-state index in [0.29, 0.717) is 19.0 Å². The third-order valence-electron chi connectivity index (χ3n) is 4.24. The normalized spacial score (nSPS) is 15.4. The van der Waals surface area contributed by atoms with E-state index in [9.17, 15) is 4.79 Å². The summed E-state index contributed by atoms with van der Waals surface area (Å²) in [7, 11) is 2.07. The van der Waals surface area contributed by atoms with E-state index in [-0.39, 0.29) is 17.4 Å². The van der Waals surface area contributed by atoms with E-state index in [1.54, 1.807) is 0 Å². The first-order valence-electron chi connectivity index (χ1n) is 7.38. The molecule has 2 N–H and O–H groups in total. The van der Waals surface area contributed by atoms with Crippen molar-refractivity contribution >= 4 is 5.91 Å². The van der Waals surface area contributed by atoms with Gasteiger partial charge in [-0.2, -0.15) is 0 Å². The molecule has 0 aromatic heterocycles. The minimum atomic E-state index is 0.113. The summed E-state index contributed by atoms with van der Waals surface area (Å²) in [5.74, 6) is 0.202. The van der Waals surface area contributed by atoms with Crippen LogP contribution in [0.5, 0.6) is 0 Å². The van der Waals surface area contributed by atoms with Gasteiger partial charge in [-0.15, -0.1) is 0 Å². The Balaban J connectivity index is 4.71. The lowest BCUT2D eigenvalue weighted by molar-refractivity contribution is -0.132. The SMILES string of the molecule is CCN(CC)C(=O)CC(CN)N(C)C(C)C(C)(C)C. The molecule has 0 saturated carbocycles. The van der Waals surface area contributed by atoms with Crippen molar-refractivity contribution in [3.05, 3.63) is 0 Å². The van der Waals surface area contributed by atoms with Crippen LogP contribution in [0, 0.1) is 5.41 Å². The fourth-order valence-electron chi connectivity index (χ4n) is 2.23. The Bertz CT molecular complexity index is 269. The minimum Gasteiger partial charge on any atom is -0.343 e. The zero-order valence-corrected chi connectivity index (χ0v) is 13.9. The summed E-state index contributed by atoms with van der Waals surface area (Å²) in [6, 6.07) is 0.493. The van der Waals surface area contributed by atoms with E-state index in [4.69, 9.17) is 5.73 Å². The minimum absolute atomic E-state index is 0.113. The molecular weight excluding hydrogens is 238 g/mol. The molecule has 0 radical (unpaired) electrons. The first-order chi connectivity index (χ1) is 8.68. The molecule has 0 rings (SSSR count). The molecule has 0 spiro atoms. The van der Waals surface area contributed by atoms with Crippen molar-refractivity contribution in [2.24, 2.45) is 11.1 Å². The highest BCUT2D eigenvalue weighted by Crippen LogP contribution is 2.25. The fraction of sp³-hybridized carbons (Fsp3) is 0.933. The molecule has 4 nitrogen and oxygen atoms in total. The Kier molecular flexibility index (Phi) is 7.60. The average molecular weight is 271 g/mol. The van der Waals surface area contributed by atoms with Crippen molar-refractivity contribution in [2.75, 3.05) is 26.7 Å². The molecule has 114 valence electrons. The quantitative estimate of drug-likeness (QED) is 0.770. The number of likely N-dealkylation sites (N-methyl/N-ethyl adjacent to an activating group) is 1. The molecular formula is C15H33N3O. The van der Waals surface area contributed by atoms with Gasteiger partial charge >= 0.3 is 0 Å². The summed E-state index contributed by atoms with van der Waals surface area (Å²) in [5, 5.41) is 0. The van der Waals surface area contributed by atoms with Crippen molar-refractivity contribution in [2.45, 2.75) is 60.0 Å². The summed E-state index contributed by atoms with van der Waals surface area (Å²) in [6.07, 6.45) is 0.509. The zero-order chi connectivity index (χ0) is 15.2. The van der Waals surface area contributed by atoms with Crippen LogP contribution in [0.15, 0.2) is 0 Å². The second kappa shape index (κ2) is 7.85. The zero-order valence-electron chi connectivity index (χ0n) is 13.9. The van der Waals surface area contributed by atoms with Crippen molar-refractivity contribution in [3.8, 4) is 0 Å². The van der Waals surface area contributed by atoms with E-state index in [2.05, 4.69) is 39.6 Å². The summed E-state index contributed by atoms with van der Waals surface area (Å²) >= 11 is 0. The smallest absolute Gasteiger partial charge is 0.224 e. The van der Waals surface area contributed by atoms with Gasteiger partial charge in [0.05, 0.1) is 0 Å². The maximum Gasteiger partial charge on any atom is 0.224 e. The molecule has 2 atom stereocenters. The number of carbonyl (C=O) groups is 1. The predicted molar refractivity (Wildman–Crippen MR) is 82.1 cm³/mol. The topological polar surface area (TPSA) is 49.6 Å². The third-order valence-corrected chi connectivity index (χ3v) is 4.24. The van der Waals surface area contributed by atoms with Gasteiger partial charge in [0.2, 0.25) is 5.91 Å². The van der Waals surface area contributed by atoms with Crippen molar-refractivity contribution in [3.63, 3.8) is 0 Å². The van der Waals surface area contributed by atoms with Crippen LogP contribution >= 0.6 is 0 Å². The molecule has 0 aliphatic rings. The van der Waals surface area contributed by atoms with Crippen molar-refractivity contribution < 1.29 is 4.79 Å². The van der Waals surface area contributed by atoms with E-state index >= 15 is 0 Å². The lowest BCUT2D eigenvalue weighted by Crippen LogP contribution is -2.50. The van der Waals surface area contributed by atoms with Gasteiger partial charge in [0.25, 0.3) is 0 Å². The molecule has 0 aliphatic carbocycles. The van der Waals surface area contributed by atoms with Crippen LogP contribution < -0.4 is 5.73 Å². The first-order valence-corrected chi connectivity index (χ1v) is 7.38. The van der Waals surface area contributed by atoms with Crippen molar-refractivity contribution in [1.82, 2.24) is 9.80 Å². The van der Waals surface area contributed by atoms with Gasteiger partial charge in [0.1, 0.15) is 0 Å². The molecule has 0 bridgehead atoms. The lowest BCUT2D eigenvalue weighted by Gasteiger charge is -2.40. The molecule has 2 unspecified atom stereocenters. The lowest BCUT2D eigenvalue weighted by atomic mass is 9.86. The molecule has 0 aromatic rings. The highest BCUT2D eigenvalue weighted by atomic mass is 16.2. The van der Waals surface area contributed by atoms with Crippen LogP contribution in [0.3, 0.4) is 0 Å². The number of hydrogen-bond donors (Lipinski definition) is 1. The highest BCUT2D eigenvalue weighted by molar-refractivity contribution is 5.76. The Morgan fingerprint density at radius 3 is 2.00 bits per heavy atom. The number of amides is 1. The van der Waals surface area contributed by atoms with E-state index < -0.39 is 0 Å². The van der Waals surface area contributed by atoms with E-state index in [0.717, 1.165) is 13.1 Å². The predicted octanol–water partition coefficient (Wildman–Crippen LogP) is 1.94. The monoisotopic (exact) mass is 271 g/mol. The summed E-state index contributed by atoms with van der Waals surface area (Å²) in [5.41, 5.74) is 6.05. The standard InChI is InChI=1S/C15H33N3O/c1-8-18(9-2)14(19)10-13(11-16)17(7)12(3)15(4,5)6/h12-13H,8-11,16H2,1-7H3. The summed E-state index contributed by atoms with van der Waals surface area (Å²) in [6.45, 7) is 14.9. The number of rotatable bonds is 7. The number of nitrogens with zero attached hydrogens (tertiary/aromatic N) is 2. The van der Waals surface area contributed by atoms with Gasteiger partial charge in [-0.25, -0.2) is 0 Å². The van der Waals surface area contributed by atoms with Gasteiger partial charge in [0.15, 0.2) is 0 Å². The van der Waals surface area contributed by atoms with Crippen LogP contribution in [-0.2, 0) is 4.79 Å². The second-order valence-corrected chi connectivity index (χ2v) is 6.37. The van der Waals surface area contributed by atoms with Gasteiger partial charge in [0, 0.05) is 38.1 Å². The Hall–Kier alpha value is -0.610. The largest absolute Gasteiger partial charge is 0.343 e. The third kappa shape index (κ3) is 5.49. The first kappa shape index (κ1) is 18.4. The molecule has 0 heterocycles. The van der Waals surface area contributed by atoms with E-state index in [1.807, 2.05) is 18.7 Å². The average Bonchev–Trinajstić information content (AvgIpc) is 2.34. The highest BCUT2D eigenvalue weighted by Gasteiger charge is 2.29. The van der Waals surface area contributed by atoms with E-state index in [1.165, 1.54) is 0 Å². The second-order valence-electron chi connectivity index (χ2n) is 6.37. The Morgan fingerprint density at radius 1 is 1.21 bits per heavy atom. The molecule has 19 heavy (non-hydrogen) atoms. The molecule has 0 fully saturated rings. The molecule has 0 saturated heterocycles. The molecule has 0 aromatic carbocycles. The number of carbonyl (C=O) groups excluding carboxylic acids is 1. The fourth-order valence-corrected chi connectivity index (χ4v) is 2.23. The van der Waals surface area contributed by atoms with Crippen LogP contribution in [-0.4, -0.2) is 54.5 Å². The molecule has 1 amide bonds. The number of hydrogen-bond acceptors (Lipinski definition) is 3. The Labute approximate surface area is 119 Å². The van der Waals surface area contributed by atoms with Crippen LogP contribution in [0.1, 0.15) is 48.0 Å². The number of nitrogens with two attached hydrogens (primary N) is 1. The molecule has 0 aliphatic heterocycles. The van der Waals surface area contributed by atoms with Gasteiger partial charge < -0.3 is 10.6 Å². The van der Waals surface area contributed by atoms with Crippen LogP contribution in [0.25, 0.3) is 0 Å². The van der Waals surface area contributed by atoms with Crippen LogP contribution in [0.2, 0.25) is 0 Å². The Morgan fingerprint density at radius 2 is 1.68 bits per heavy atom. The maximum absolute atomic E-state index is 12.2.